The molecular formula is C11H14BrN3O2. The van der Waals surface area contributed by atoms with E-state index >= 15 is 0 Å². The van der Waals surface area contributed by atoms with Gasteiger partial charge in [-0.05, 0) is 18.2 Å². The number of nitrogens with one attached hydrogen (secondary N) is 2. The number of morpholine rings is 1. The lowest BCUT2D eigenvalue weighted by molar-refractivity contribution is -0.120. The number of benzene rings is 1. The minimum Gasteiger partial charge on any atom is -0.397 e. The van der Waals surface area contributed by atoms with Gasteiger partial charge in [-0.25, -0.2) is 0 Å². The third-order valence-corrected chi connectivity index (χ3v) is 3.00. The van der Waals surface area contributed by atoms with E-state index in [1.165, 1.54) is 0 Å². The highest BCUT2D eigenvalue weighted by molar-refractivity contribution is 9.10. The molecule has 0 radical (unpaired) electrons. The van der Waals surface area contributed by atoms with Crippen LogP contribution in [0.2, 0.25) is 0 Å². The zero-order valence-electron chi connectivity index (χ0n) is 9.20. The van der Waals surface area contributed by atoms with Crippen LogP contribution in [-0.2, 0) is 9.53 Å². The maximum atomic E-state index is 11.9. The molecule has 0 spiro atoms. The number of hydrogen-bond acceptors (Lipinski definition) is 4. The van der Waals surface area contributed by atoms with Crippen molar-refractivity contribution >= 4 is 33.2 Å². The van der Waals surface area contributed by atoms with Gasteiger partial charge in [-0.1, -0.05) is 15.9 Å². The van der Waals surface area contributed by atoms with Crippen LogP contribution in [0.15, 0.2) is 22.7 Å². The normalized spacial score (nSPS) is 19.9. The zero-order valence-corrected chi connectivity index (χ0v) is 10.8. The lowest BCUT2D eigenvalue weighted by atomic mass is 10.2. The number of amides is 1. The highest BCUT2D eigenvalue weighted by atomic mass is 79.9. The minimum absolute atomic E-state index is 0.130. The average Bonchev–Trinajstić information content (AvgIpc) is 2.35. The Labute approximate surface area is 108 Å². The zero-order chi connectivity index (χ0) is 12.3. The molecule has 4 N–H and O–H groups in total. The van der Waals surface area contributed by atoms with Gasteiger partial charge in [-0.3, -0.25) is 4.79 Å². The van der Waals surface area contributed by atoms with Crippen molar-refractivity contribution in [2.24, 2.45) is 0 Å². The van der Waals surface area contributed by atoms with Crippen LogP contribution in [0.3, 0.4) is 0 Å². The van der Waals surface area contributed by atoms with E-state index < -0.39 is 0 Å². The van der Waals surface area contributed by atoms with Crippen LogP contribution >= 0.6 is 15.9 Å². The lowest BCUT2D eigenvalue weighted by Gasteiger charge is -2.23. The van der Waals surface area contributed by atoms with Gasteiger partial charge in [0.15, 0.2) is 0 Å². The van der Waals surface area contributed by atoms with Crippen LogP contribution in [0.4, 0.5) is 11.4 Å². The number of anilines is 2. The Morgan fingerprint density at radius 3 is 3.12 bits per heavy atom. The summed E-state index contributed by atoms with van der Waals surface area (Å²) in [6.07, 6.45) is 0. The summed E-state index contributed by atoms with van der Waals surface area (Å²) in [6, 6.07) is 5.02. The van der Waals surface area contributed by atoms with Gasteiger partial charge in [0, 0.05) is 11.0 Å². The standard InChI is InChI=1S/C11H14BrN3O2/c12-7-1-2-8(13)9(5-7)15-11(16)10-6-17-4-3-14-10/h1-2,5,10,14H,3-4,6,13H2,(H,15,16). The summed E-state index contributed by atoms with van der Waals surface area (Å²) in [4.78, 5) is 11.9. The second kappa shape index (κ2) is 5.48. The van der Waals surface area contributed by atoms with Gasteiger partial charge in [0.2, 0.25) is 5.91 Å². The largest absolute Gasteiger partial charge is 0.397 e. The molecule has 1 saturated heterocycles. The summed E-state index contributed by atoms with van der Waals surface area (Å²) in [5.41, 5.74) is 6.93. The van der Waals surface area contributed by atoms with E-state index in [4.69, 9.17) is 10.5 Å². The summed E-state index contributed by atoms with van der Waals surface area (Å²) in [6.45, 7) is 1.72. The maximum Gasteiger partial charge on any atom is 0.243 e. The molecular weight excluding hydrogens is 286 g/mol. The number of hydrogen-bond donors (Lipinski definition) is 3. The topological polar surface area (TPSA) is 76.4 Å². The smallest absolute Gasteiger partial charge is 0.243 e. The number of nitrogen functional groups attached to an aromatic ring is 1. The minimum atomic E-state index is -0.317. The van der Waals surface area contributed by atoms with Crippen LogP contribution in [0.5, 0.6) is 0 Å². The van der Waals surface area contributed by atoms with Gasteiger partial charge >= 0.3 is 0 Å². The predicted molar refractivity (Wildman–Crippen MR) is 69.8 cm³/mol. The first-order valence-electron chi connectivity index (χ1n) is 5.34. The SMILES string of the molecule is Nc1ccc(Br)cc1NC(=O)C1COCCN1. The lowest BCUT2D eigenvalue weighted by Crippen LogP contribution is -2.48. The monoisotopic (exact) mass is 299 g/mol. The summed E-state index contributed by atoms with van der Waals surface area (Å²) >= 11 is 3.34. The quantitative estimate of drug-likeness (QED) is 0.711. The van der Waals surface area contributed by atoms with Crippen LogP contribution in [0.25, 0.3) is 0 Å². The molecule has 1 amide bonds. The molecule has 1 unspecified atom stereocenters. The predicted octanol–water partition coefficient (Wildman–Crippen LogP) is 0.958. The fraction of sp³-hybridized carbons (Fsp3) is 0.364. The highest BCUT2D eigenvalue weighted by Crippen LogP contribution is 2.23. The first-order valence-corrected chi connectivity index (χ1v) is 6.13. The number of carbonyl (C=O) groups is 1. The van der Waals surface area contributed by atoms with Crippen molar-refractivity contribution in [3.05, 3.63) is 22.7 Å². The highest BCUT2D eigenvalue weighted by Gasteiger charge is 2.21. The molecule has 1 atom stereocenters. The fourth-order valence-electron chi connectivity index (χ4n) is 1.59. The first kappa shape index (κ1) is 12.3. The Balaban J connectivity index is 2.04. The molecule has 6 heteroatoms. The van der Waals surface area contributed by atoms with Crippen molar-refractivity contribution in [3.63, 3.8) is 0 Å². The van der Waals surface area contributed by atoms with Crippen LogP contribution < -0.4 is 16.4 Å². The van der Waals surface area contributed by atoms with E-state index in [-0.39, 0.29) is 11.9 Å². The Bertz CT molecular complexity index is 419. The van der Waals surface area contributed by atoms with E-state index in [0.717, 1.165) is 4.47 Å². The van der Waals surface area contributed by atoms with Gasteiger partial charge in [-0.2, -0.15) is 0 Å². The second-order valence-electron chi connectivity index (χ2n) is 3.80. The number of halogens is 1. The summed E-state index contributed by atoms with van der Waals surface area (Å²) in [5, 5.41) is 5.87. The molecule has 17 heavy (non-hydrogen) atoms. The third kappa shape index (κ3) is 3.18. The molecule has 0 aliphatic carbocycles. The molecule has 0 aromatic heterocycles. The van der Waals surface area contributed by atoms with E-state index in [0.29, 0.717) is 31.1 Å². The van der Waals surface area contributed by atoms with E-state index in [1.807, 2.05) is 6.07 Å². The van der Waals surface area contributed by atoms with Gasteiger partial charge in [0.1, 0.15) is 6.04 Å². The Kier molecular flexibility index (Phi) is 3.98. The number of carbonyl (C=O) groups excluding carboxylic acids is 1. The molecule has 0 saturated carbocycles. The van der Waals surface area contributed by atoms with Gasteiger partial charge in [0.25, 0.3) is 0 Å². The molecule has 1 fully saturated rings. The van der Waals surface area contributed by atoms with Crippen molar-refractivity contribution in [2.45, 2.75) is 6.04 Å². The Morgan fingerprint density at radius 1 is 1.59 bits per heavy atom. The summed E-state index contributed by atoms with van der Waals surface area (Å²) in [5.74, 6) is -0.130. The molecule has 1 heterocycles. The van der Waals surface area contributed by atoms with Crippen molar-refractivity contribution in [2.75, 3.05) is 30.8 Å². The van der Waals surface area contributed by atoms with E-state index in [1.54, 1.807) is 12.1 Å². The van der Waals surface area contributed by atoms with Crippen molar-refractivity contribution in [3.8, 4) is 0 Å². The number of rotatable bonds is 2. The Hall–Kier alpha value is -1.11. The van der Waals surface area contributed by atoms with Gasteiger partial charge in [0.05, 0.1) is 24.6 Å². The second-order valence-corrected chi connectivity index (χ2v) is 4.72. The molecule has 2 rings (SSSR count). The molecule has 1 aromatic carbocycles. The molecule has 1 aliphatic heterocycles. The molecule has 5 nitrogen and oxygen atoms in total. The van der Waals surface area contributed by atoms with Crippen molar-refractivity contribution < 1.29 is 9.53 Å². The molecule has 92 valence electrons. The van der Waals surface area contributed by atoms with Crippen molar-refractivity contribution in [1.29, 1.82) is 0 Å². The van der Waals surface area contributed by atoms with Crippen LogP contribution in [0, 0.1) is 0 Å². The maximum absolute atomic E-state index is 11.9. The van der Waals surface area contributed by atoms with Crippen LogP contribution in [0.1, 0.15) is 0 Å². The summed E-state index contributed by atoms with van der Waals surface area (Å²) in [7, 11) is 0. The van der Waals surface area contributed by atoms with E-state index in [9.17, 15) is 4.79 Å². The average molecular weight is 300 g/mol. The van der Waals surface area contributed by atoms with Gasteiger partial charge < -0.3 is 21.1 Å². The summed E-state index contributed by atoms with van der Waals surface area (Å²) < 4.78 is 6.10. The number of nitrogens with two attached hydrogens (primary N) is 1. The third-order valence-electron chi connectivity index (χ3n) is 2.51. The molecule has 1 aromatic rings. The van der Waals surface area contributed by atoms with Crippen molar-refractivity contribution in [1.82, 2.24) is 5.32 Å². The molecule has 0 bridgehead atoms. The van der Waals surface area contributed by atoms with Crippen LogP contribution in [-0.4, -0.2) is 31.7 Å². The molecule has 1 aliphatic rings. The van der Waals surface area contributed by atoms with E-state index in [2.05, 4.69) is 26.6 Å². The number of ether oxygens (including phenoxy) is 1. The Morgan fingerprint density at radius 2 is 2.41 bits per heavy atom. The first-order chi connectivity index (χ1) is 8.16. The van der Waals surface area contributed by atoms with Gasteiger partial charge in [-0.15, -0.1) is 0 Å². The fourth-order valence-corrected chi connectivity index (χ4v) is 1.95.